The maximum atomic E-state index is 11.8. The molecule has 104 valence electrons. The van der Waals surface area contributed by atoms with Gasteiger partial charge >= 0.3 is 0 Å². The van der Waals surface area contributed by atoms with Gasteiger partial charge < -0.3 is 14.9 Å². The second kappa shape index (κ2) is 7.36. The van der Waals surface area contributed by atoms with Crippen molar-refractivity contribution in [1.29, 1.82) is 0 Å². The fourth-order valence-corrected chi connectivity index (χ4v) is 2.09. The summed E-state index contributed by atoms with van der Waals surface area (Å²) in [6, 6.07) is 0. The second-order valence-corrected chi connectivity index (χ2v) is 5.04. The SMILES string of the molecule is CC(C)C(=O)N1CCN(C(=O)CCCCO)CC1. The number of amides is 2. The van der Waals surface area contributed by atoms with Crippen LogP contribution in [0.5, 0.6) is 0 Å². The highest BCUT2D eigenvalue weighted by atomic mass is 16.3. The summed E-state index contributed by atoms with van der Waals surface area (Å²) in [6.45, 7) is 6.49. The van der Waals surface area contributed by atoms with Crippen molar-refractivity contribution in [3.63, 3.8) is 0 Å². The average Bonchev–Trinajstić information content (AvgIpc) is 2.38. The van der Waals surface area contributed by atoms with Gasteiger partial charge in [-0.3, -0.25) is 9.59 Å². The van der Waals surface area contributed by atoms with Crippen molar-refractivity contribution in [1.82, 2.24) is 9.80 Å². The summed E-state index contributed by atoms with van der Waals surface area (Å²) in [6.07, 6.45) is 1.91. The maximum Gasteiger partial charge on any atom is 0.225 e. The molecule has 1 aliphatic rings. The van der Waals surface area contributed by atoms with Crippen LogP contribution in [0.4, 0.5) is 0 Å². The van der Waals surface area contributed by atoms with Crippen LogP contribution in [0.1, 0.15) is 33.1 Å². The number of carbonyl (C=O) groups excluding carboxylic acids is 2. The first kappa shape index (κ1) is 15.0. The standard InChI is InChI=1S/C13H24N2O3/c1-11(2)13(18)15-8-6-14(7-9-15)12(17)5-3-4-10-16/h11,16H,3-10H2,1-2H3. The molecular formula is C13H24N2O3. The van der Waals surface area contributed by atoms with Gasteiger partial charge in [0.2, 0.25) is 11.8 Å². The Bertz CT molecular complexity index is 284. The molecule has 0 atom stereocenters. The molecule has 1 fully saturated rings. The van der Waals surface area contributed by atoms with Crippen molar-refractivity contribution in [2.45, 2.75) is 33.1 Å². The number of unbranched alkanes of at least 4 members (excludes halogenated alkanes) is 1. The lowest BCUT2D eigenvalue weighted by Crippen LogP contribution is -2.51. The Morgan fingerprint density at radius 1 is 1.06 bits per heavy atom. The van der Waals surface area contributed by atoms with Crippen molar-refractivity contribution in [3.05, 3.63) is 0 Å². The third-order valence-electron chi connectivity index (χ3n) is 3.24. The van der Waals surface area contributed by atoms with Crippen molar-refractivity contribution in [2.24, 2.45) is 5.92 Å². The fourth-order valence-electron chi connectivity index (χ4n) is 2.09. The minimum atomic E-state index is 0.0248. The molecule has 0 saturated carbocycles. The summed E-state index contributed by atoms with van der Waals surface area (Å²) in [7, 11) is 0. The Balaban J connectivity index is 2.30. The highest BCUT2D eigenvalue weighted by Crippen LogP contribution is 2.09. The molecule has 1 aliphatic heterocycles. The van der Waals surface area contributed by atoms with Crippen LogP contribution < -0.4 is 0 Å². The van der Waals surface area contributed by atoms with Crippen LogP contribution in [-0.4, -0.2) is 59.5 Å². The highest BCUT2D eigenvalue weighted by Gasteiger charge is 2.24. The third kappa shape index (κ3) is 4.29. The van der Waals surface area contributed by atoms with Crippen LogP contribution in [0.25, 0.3) is 0 Å². The number of nitrogens with zero attached hydrogens (tertiary/aromatic N) is 2. The second-order valence-electron chi connectivity index (χ2n) is 5.04. The Morgan fingerprint density at radius 3 is 2.11 bits per heavy atom. The molecule has 0 radical (unpaired) electrons. The number of hydrogen-bond donors (Lipinski definition) is 1. The van der Waals surface area contributed by atoms with E-state index in [0.29, 0.717) is 39.0 Å². The molecule has 18 heavy (non-hydrogen) atoms. The van der Waals surface area contributed by atoms with E-state index in [0.717, 1.165) is 6.42 Å². The molecule has 5 heteroatoms. The van der Waals surface area contributed by atoms with Gasteiger partial charge in [-0.15, -0.1) is 0 Å². The molecule has 1 saturated heterocycles. The van der Waals surface area contributed by atoms with E-state index in [1.54, 1.807) is 0 Å². The van der Waals surface area contributed by atoms with Crippen LogP contribution in [0, 0.1) is 5.92 Å². The van der Waals surface area contributed by atoms with E-state index >= 15 is 0 Å². The third-order valence-corrected chi connectivity index (χ3v) is 3.24. The molecule has 2 amide bonds. The van der Waals surface area contributed by atoms with E-state index in [-0.39, 0.29) is 24.3 Å². The number of hydrogen-bond acceptors (Lipinski definition) is 3. The van der Waals surface area contributed by atoms with Crippen LogP contribution in [0.3, 0.4) is 0 Å². The minimum Gasteiger partial charge on any atom is -0.396 e. The minimum absolute atomic E-state index is 0.0248. The Morgan fingerprint density at radius 2 is 1.61 bits per heavy atom. The molecule has 0 aromatic heterocycles. The van der Waals surface area contributed by atoms with Gasteiger partial charge in [-0.25, -0.2) is 0 Å². The van der Waals surface area contributed by atoms with E-state index < -0.39 is 0 Å². The molecule has 0 spiro atoms. The molecule has 5 nitrogen and oxygen atoms in total. The molecular weight excluding hydrogens is 232 g/mol. The largest absolute Gasteiger partial charge is 0.396 e. The van der Waals surface area contributed by atoms with Crippen molar-refractivity contribution < 1.29 is 14.7 Å². The molecule has 0 aromatic rings. The number of aliphatic hydroxyl groups excluding tert-OH is 1. The predicted octanol–water partition coefficient (Wildman–Crippen LogP) is 0.476. The lowest BCUT2D eigenvalue weighted by Gasteiger charge is -2.35. The Hall–Kier alpha value is -1.10. The van der Waals surface area contributed by atoms with Crippen molar-refractivity contribution >= 4 is 11.8 Å². The van der Waals surface area contributed by atoms with Crippen LogP contribution >= 0.6 is 0 Å². The number of aliphatic hydroxyl groups is 1. The van der Waals surface area contributed by atoms with Crippen LogP contribution in [-0.2, 0) is 9.59 Å². The molecule has 0 bridgehead atoms. The predicted molar refractivity (Wildman–Crippen MR) is 68.9 cm³/mol. The van der Waals surface area contributed by atoms with E-state index in [2.05, 4.69) is 0 Å². The van der Waals surface area contributed by atoms with Crippen LogP contribution in [0.2, 0.25) is 0 Å². The lowest BCUT2D eigenvalue weighted by molar-refractivity contribution is -0.141. The molecule has 1 N–H and O–H groups in total. The summed E-state index contributed by atoms with van der Waals surface area (Å²) in [5.74, 6) is 0.333. The molecule has 1 rings (SSSR count). The highest BCUT2D eigenvalue weighted by molar-refractivity contribution is 5.79. The van der Waals surface area contributed by atoms with E-state index in [1.807, 2.05) is 23.6 Å². The summed E-state index contributed by atoms with van der Waals surface area (Å²) in [4.78, 5) is 27.3. The lowest BCUT2D eigenvalue weighted by atomic mass is 10.1. The van der Waals surface area contributed by atoms with Gasteiger partial charge in [-0.05, 0) is 12.8 Å². The first-order valence-electron chi connectivity index (χ1n) is 6.73. The summed E-state index contributed by atoms with van der Waals surface area (Å²) in [5.41, 5.74) is 0. The molecule has 0 aliphatic carbocycles. The normalized spacial score (nSPS) is 16.2. The monoisotopic (exact) mass is 256 g/mol. The smallest absolute Gasteiger partial charge is 0.225 e. The van der Waals surface area contributed by atoms with Gasteiger partial charge in [0.15, 0.2) is 0 Å². The quantitative estimate of drug-likeness (QED) is 0.728. The molecule has 0 aromatic carbocycles. The zero-order valence-electron chi connectivity index (χ0n) is 11.4. The first-order chi connectivity index (χ1) is 8.56. The Kier molecular flexibility index (Phi) is 6.12. The van der Waals surface area contributed by atoms with E-state index in [9.17, 15) is 9.59 Å². The summed E-state index contributed by atoms with van der Waals surface area (Å²) < 4.78 is 0. The maximum absolute atomic E-state index is 11.8. The fraction of sp³-hybridized carbons (Fsp3) is 0.846. The van der Waals surface area contributed by atoms with Gasteiger partial charge in [-0.2, -0.15) is 0 Å². The van der Waals surface area contributed by atoms with Gasteiger partial charge in [0.25, 0.3) is 0 Å². The van der Waals surface area contributed by atoms with Crippen LogP contribution in [0.15, 0.2) is 0 Å². The van der Waals surface area contributed by atoms with Crippen molar-refractivity contribution in [2.75, 3.05) is 32.8 Å². The zero-order valence-corrected chi connectivity index (χ0v) is 11.4. The first-order valence-corrected chi connectivity index (χ1v) is 6.73. The topological polar surface area (TPSA) is 60.9 Å². The Labute approximate surface area is 109 Å². The number of rotatable bonds is 5. The van der Waals surface area contributed by atoms with Gasteiger partial charge in [0.1, 0.15) is 0 Å². The van der Waals surface area contributed by atoms with Gasteiger partial charge in [0.05, 0.1) is 0 Å². The molecule has 0 unspecified atom stereocenters. The summed E-state index contributed by atoms with van der Waals surface area (Å²) in [5, 5.41) is 8.67. The van der Waals surface area contributed by atoms with E-state index in [4.69, 9.17) is 5.11 Å². The number of piperazine rings is 1. The van der Waals surface area contributed by atoms with E-state index in [1.165, 1.54) is 0 Å². The molecule has 1 heterocycles. The van der Waals surface area contributed by atoms with Crippen molar-refractivity contribution in [3.8, 4) is 0 Å². The zero-order chi connectivity index (χ0) is 13.5. The average molecular weight is 256 g/mol. The summed E-state index contributed by atoms with van der Waals surface area (Å²) >= 11 is 0. The van der Waals surface area contributed by atoms with Gasteiger partial charge in [0, 0.05) is 45.1 Å². The van der Waals surface area contributed by atoms with Gasteiger partial charge in [-0.1, -0.05) is 13.8 Å². The number of carbonyl (C=O) groups is 2.